The Morgan fingerprint density at radius 3 is 1.83 bits per heavy atom. The van der Waals surface area contributed by atoms with Gasteiger partial charge in [-0.2, -0.15) is 5.26 Å². The highest BCUT2D eigenvalue weighted by Crippen LogP contribution is 2.32. The summed E-state index contributed by atoms with van der Waals surface area (Å²) < 4.78 is -1.99. The number of nitrogens with two attached hydrogens (primary N) is 2. The number of halogens is 3. The third kappa shape index (κ3) is 2.78. The molecule has 0 aliphatic rings. The number of allylic oxidation sites excluding steroid dienone is 1. The lowest BCUT2D eigenvalue weighted by atomic mass is 10.2. The van der Waals surface area contributed by atoms with Gasteiger partial charge in [0.2, 0.25) is 3.79 Å². The molecular weight excluding hydrogens is 224 g/mol. The van der Waals surface area contributed by atoms with Gasteiger partial charge < -0.3 is 11.5 Å². The fraction of sp³-hybridized carbons (Fsp3) is 0.200. The number of nitrogens with zero attached hydrogens (tertiary/aromatic N) is 1. The van der Waals surface area contributed by atoms with Crippen molar-refractivity contribution in [2.24, 2.45) is 11.5 Å². The van der Waals surface area contributed by atoms with Crippen molar-refractivity contribution in [3.05, 3.63) is 11.3 Å². The molecule has 0 aromatic heterocycles. The van der Waals surface area contributed by atoms with Gasteiger partial charge in [0.15, 0.2) is 0 Å². The van der Waals surface area contributed by atoms with Gasteiger partial charge in [0.25, 0.3) is 5.91 Å². The lowest BCUT2D eigenvalue weighted by Crippen LogP contribution is -2.24. The van der Waals surface area contributed by atoms with E-state index >= 15 is 0 Å². The summed E-state index contributed by atoms with van der Waals surface area (Å²) in [4.78, 5) is 10.5. The third-order valence-corrected chi connectivity index (χ3v) is 1.54. The fourth-order valence-electron chi connectivity index (χ4n) is 0.390. The zero-order chi connectivity index (χ0) is 9.94. The molecule has 0 radical (unpaired) electrons. The lowest BCUT2D eigenvalue weighted by molar-refractivity contribution is -0.114. The first-order chi connectivity index (χ1) is 5.30. The van der Waals surface area contributed by atoms with Crippen molar-refractivity contribution in [1.29, 1.82) is 5.26 Å². The Labute approximate surface area is 83.7 Å². The molecule has 0 fully saturated rings. The fourth-order valence-corrected chi connectivity index (χ4v) is 0.673. The van der Waals surface area contributed by atoms with Crippen LogP contribution in [0.1, 0.15) is 0 Å². The smallest absolute Gasteiger partial charge is 0.261 e. The number of carbonyl (C=O) groups excluding carboxylic acids is 1. The van der Waals surface area contributed by atoms with Crippen LogP contribution in [-0.2, 0) is 4.79 Å². The zero-order valence-corrected chi connectivity index (χ0v) is 7.91. The van der Waals surface area contributed by atoms with Crippen LogP contribution in [0, 0.1) is 11.3 Å². The summed E-state index contributed by atoms with van der Waals surface area (Å²) in [5.41, 5.74) is 8.92. The molecule has 0 aromatic rings. The number of nitriles is 1. The predicted molar refractivity (Wildman–Crippen MR) is 46.3 cm³/mol. The minimum absolute atomic E-state index is 0.470. The van der Waals surface area contributed by atoms with Gasteiger partial charge >= 0.3 is 0 Å². The molecule has 0 atom stereocenters. The molecule has 0 unspecified atom stereocenters. The summed E-state index contributed by atoms with van der Waals surface area (Å²) in [5.74, 6) is -1.03. The predicted octanol–water partition coefficient (Wildman–Crippen LogP) is 0.578. The van der Waals surface area contributed by atoms with E-state index in [0.717, 1.165) is 0 Å². The summed E-state index contributed by atoms with van der Waals surface area (Å²) >= 11 is 15.9. The number of hydrogen-bond donors (Lipinski definition) is 2. The maximum atomic E-state index is 10.5. The first-order valence-corrected chi connectivity index (χ1v) is 3.71. The highest BCUT2D eigenvalue weighted by molar-refractivity contribution is 6.69. The normalized spacial score (nSPS) is 13.2. The zero-order valence-electron chi connectivity index (χ0n) is 5.64. The van der Waals surface area contributed by atoms with E-state index < -0.39 is 21.0 Å². The Kier molecular flexibility index (Phi) is 3.65. The Bertz CT molecular complexity index is 273. The molecule has 1 amide bonds. The van der Waals surface area contributed by atoms with E-state index in [2.05, 4.69) is 0 Å². The second kappa shape index (κ2) is 3.85. The maximum absolute atomic E-state index is 10.5. The molecular formula is C5H4Cl3N3O. The van der Waals surface area contributed by atoms with Crippen LogP contribution in [0.2, 0.25) is 0 Å². The topological polar surface area (TPSA) is 92.9 Å². The van der Waals surface area contributed by atoms with Gasteiger partial charge in [0, 0.05) is 0 Å². The first kappa shape index (κ1) is 11.4. The van der Waals surface area contributed by atoms with Crippen molar-refractivity contribution in [2.75, 3.05) is 0 Å². The van der Waals surface area contributed by atoms with Crippen LogP contribution in [0.3, 0.4) is 0 Å². The van der Waals surface area contributed by atoms with Crippen molar-refractivity contribution in [3.63, 3.8) is 0 Å². The first-order valence-electron chi connectivity index (χ1n) is 2.57. The highest BCUT2D eigenvalue weighted by atomic mass is 35.6. The van der Waals surface area contributed by atoms with E-state index in [1.54, 1.807) is 0 Å². The lowest BCUT2D eigenvalue weighted by Gasteiger charge is -2.11. The minimum atomic E-state index is -1.99. The van der Waals surface area contributed by atoms with Crippen LogP contribution in [0.5, 0.6) is 0 Å². The summed E-state index contributed by atoms with van der Waals surface area (Å²) in [6.45, 7) is 0. The third-order valence-electron chi connectivity index (χ3n) is 0.933. The molecule has 4 nitrogen and oxygen atoms in total. The monoisotopic (exact) mass is 227 g/mol. The quantitative estimate of drug-likeness (QED) is 0.390. The van der Waals surface area contributed by atoms with Gasteiger partial charge in [0.05, 0.1) is 5.70 Å². The molecule has 0 aliphatic heterocycles. The molecule has 4 N–H and O–H groups in total. The number of carbonyl (C=O) groups is 1. The molecule has 0 heterocycles. The van der Waals surface area contributed by atoms with E-state index in [-0.39, 0.29) is 0 Å². The average molecular weight is 228 g/mol. The number of amides is 1. The Morgan fingerprint density at radius 1 is 1.33 bits per heavy atom. The SMILES string of the molecule is N#CC(C(N)=O)=C(N)C(Cl)(Cl)Cl. The van der Waals surface area contributed by atoms with Crippen LogP contribution < -0.4 is 11.5 Å². The van der Waals surface area contributed by atoms with Gasteiger partial charge in [-0.3, -0.25) is 4.79 Å². The average Bonchev–Trinajstić information content (AvgIpc) is 1.86. The maximum Gasteiger partial charge on any atom is 0.261 e. The molecule has 0 aliphatic carbocycles. The minimum Gasteiger partial charge on any atom is -0.397 e. The van der Waals surface area contributed by atoms with Crippen molar-refractivity contribution in [3.8, 4) is 6.07 Å². The van der Waals surface area contributed by atoms with Gasteiger partial charge in [-0.1, -0.05) is 34.8 Å². The van der Waals surface area contributed by atoms with Crippen LogP contribution in [-0.4, -0.2) is 9.70 Å². The highest BCUT2D eigenvalue weighted by Gasteiger charge is 2.28. The molecule has 66 valence electrons. The van der Waals surface area contributed by atoms with Crippen LogP contribution >= 0.6 is 34.8 Å². The largest absolute Gasteiger partial charge is 0.397 e. The van der Waals surface area contributed by atoms with Gasteiger partial charge in [-0.05, 0) is 0 Å². The molecule has 0 bridgehead atoms. The van der Waals surface area contributed by atoms with E-state index in [9.17, 15) is 4.79 Å². The molecule has 0 saturated heterocycles. The molecule has 0 spiro atoms. The molecule has 12 heavy (non-hydrogen) atoms. The summed E-state index contributed by atoms with van der Waals surface area (Å²) in [7, 11) is 0. The second-order valence-corrected chi connectivity index (χ2v) is 4.04. The van der Waals surface area contributed by atoms with Crippen molar-refractivity contribution in [1.82, 2.24) is 0 Å². The molecule has 7 heteroatoms. The Morgan fingerprint density at radius 2 is 1.75 bits per heavy atom. The van der Waals surface area contributed by atoms with Crippen molar-refractivity contribution in [2.45, 2.75) is 3.79 Å². The van der Waals surface area contributed by atoms with Gasteiger partial charge in [-0.15, -0.1) is 0 Å². The van der Waals surface area contributed by atoms with E-state index in [1.807, 2.05) is 0 Å². The van der Waals surface area contributed by atoms with Gasteiger partial charge in [0.1, 0.15) is 11.6 Å². The summed E-state index contributed by atoms with van der Waals surface area (Å²) in [6.07, 6.45) is 0. The molecule has 0 aromatic carbocycles. The second-order valence-electron chi connectivity index (χ2n) is 1.76. The summed E-state index contributed by atoms with van der Waals surface area (Å²) in [6, 6.07) is 1.43. The van der Waals surface area contributed by atoms with E-state index in [4.69, 9.17) is 51.5 Å². The van der Waals surface area contributed by atoms with Crippen LogP contribution in [0.15, 0.2) is 11.3 Å². The van der Waals surface area contributed by atoms with Crippen molar-refractivity contribution < 1.29 is 4.79 Å². The summed E-state index contributed by atoms with van der Waals surface area (Å²) in [5, 5.41) is 8.37. The number of hydrogen-bond acceptors (Lipinski definition) is 3. The standard InChI is InChI=1S/C5H4Cl3N3O/c6-5(7,8)3(10)2(1-9)4(11)12/h10H2,(H2,11,12). The number of rotatable bonds is 1. The Balaban J connectivity index is 5.17. The van der Waals surface area contributed by atoms with Gasteiger partial charge in [-0.25, -0.2) is 0 Å². The van der Waals surface area contributed by atoms with Crippen LogP contribution in [0.4, 0.5) is 0 Å². The molecule has 0 saturated carbocycles. The number of primary amides is 1. The van der Waals surface area contributed by atoms with Crippen molar-refractivity contribution >= 4 is 40.7 Å². The van der Waals surface area contributed by atoms with E-state index in [0.29, 0.717) is 0 Å². The number of alkyl halides is 3. The van der Waals surface area contributed by atoms with Crippen LogP contribution in [0.25, 0.3) is 0 Å². The van der Waals surface area contributed by atoms with E-state index in [1.165, 1.54) is 6.07 Å². The molecule has 0 rings (SSSR count). The Hall–Kier alpha value is -0.630.